The first kappa shape index (κ1) is 21.9. The Morgan fingerprint density at radius 3 is 2.34 bits per heavy atom. The molecule has 2 heterocycles. The molecule has 2 aliphatic heterocycles. The Morgan fingerprint density at radius 2 is 1.72 bits per heavy atom. The second-order valence-corrected chi connectivity index (χ2v) is 7.51. The Morgan fingerprint density at radius 1 is 1.07 bits per heavy atom. The summed E-state index contributed by atoms with van der Waals surface area (Å²) in [6.07, 6.45) is -2.84. The molecule has 2 aliphatic rings. The van der Waals surface area contributed by atoms with Gasteiger partial charge in [0.1, 0.15) is 0 Å². The topological polar surface area (TPSA) is 56.8 Å². The first-order chi connectivity index (χ1) is 13.9. The fourth-order valence-corrected chi connectivity index (χ4v) is 3.68. The summed E-state index contributed by atoms with van der Waals surface area (Å²) in [5.41, 5.74) is 1.60. The molecule has 0 radical (unpaired) electrons. The Bertz CT molecular complexity index is 640. The lowest BCUT2D eigenvalue weighted by Crippen LogP contribution is -2.45. The van der Waals surface area contributed by atoms with Crippen molar-refractivity contribution in [3.63, 3.8) is 0 Å². The number of morpholine rings is 1. The summed E-state index contributed by atoms with van der Waals surface area (Å²) in [7, 11) is 0. The standard InChI is InChI=1S/C20H29F3N4O2/c21-20(22,23)15-25-17-5-8-27(9-6-17)18-3-1-16(2-4-18)19(28)24-7-10-26-11-13-29-14-12-26/h1-4,17,25H,5-15H2,(H,24,28). The lowest BCUT2D eigenvalue weighted by atomic mass is 10.0. The molecular formula is C20H29F3N4O2. The molecule has 3 rings (SSSR count). The van der Waals surface area contributed by atoms with E-state index in [4.69, 9.17) is 4.74 Å². The molecule has 0 saturated carbocycles. The maximum absolute atomic E-state index is 12.3. The molecule has 2 fully saturated rings. The maximum atomic E-state index is 12.3. The van der Waals surface area contributed by atoms with E-state index in [9.17, 15) is 18.0 Å². The smallest absolute Gasteiger partial charge is 0.379 e. The lowest BCUT2D eigenvalue weighted by molar-refractivity contribution is -0.126. The monoisotopic (exact) mass is 414 g/mol. The van der Waals surface area contributed by atoms with Gasteiger partial charge in [-0.3, -0.25) is 9.69 Å². The SMILES string of the molecule is O=C(NCCN1CCOCC1)c1ccc(N2CCC(NCC(F)(F)F)CC2)cc1. The molecule has 6 nitrogen and oxygen atoms in total. The highest BCUT2D eigenvalue weighted by molar-refractivity contribution is 5.94. The van der Waals surface area contributed by atoms with E-state index in [1.54, 1.807) is 12.1 Å². The van der Waals surface area contributed by atoms with E-state index in [1.807, 2.05) is 12.1 Å². The summed E-state index contributed by atoms with van der Waals surface area (Å²) in [6, 6.07) is 7.30. The van der Waals surface area contributed by atoms with Crippen LogP contribution in [0.1, 0.15) is 23.2 Å². The Balaban J connectivity index is 1.40. The third-order valence-corrected chi connectivity index (χ3v) is 5.40. The molecule has 0 aromatic heterocycles. The fraction of sp³-hybridized carbons (Fsp3) is 0.650. The highest BCUT2D eigenvalue weighted by Crippen LogP contribution is 2.21. The van der Waals surface area contributed by atoms with Crippen LogP contribution in [0.3, 0.4) is 0 Å². The van der Waals surface area contributed by atoms with Gasteiger partial charge >= 0.3 is 6.18 Å². The number of carbonyl (C=O) groups excluding carboxylic acids is 1. The van der Waals surface area contributed by atoms with Crippen molar-refractivity contribution in [3.8, 4) is 0 Å². The van der Waals surface area contributed by atoms with Crippen LogP contribution < -0.4 is 15.5 Å². The predicted octanol–water partition coefficient (Wildman–Crippen LogP) is 1.87. The molecule has 0 spiro atoms. The number of hydrogen-bond donors (Lipinski definition) is 2. The third-order valence-electron chi connectivity index (χ3n) is 5.40. The van der Waals surface area contributed by atoms with Crippen molar-refractivity contribution in [1.82, 2.24) is 15.5 Å². The summed E-state index contributed by atoms with van der Waals surface area (Å²) in [5, 5.41) is 5.53. The number of carbonyl (C=O) groups is 1. The van der Waals surface area contributed by atoms with E-state index < -0.39 is 12.7 Å². The molecule has 0 aliphatic carbocycles. The first-order valence-electron chi connectivity index (χ1n) is 10.1. The van der Waals surface area contributed by atoms with Crippen molar-refractivity contribution in [2.24, 2.45) is 0 Å². The van der Waals surface area contributed by atoms with Crippen LogP contribution in [0.2, 0.25) is 0 Å². The highest BCUT2D eigenvalue weighted by Gasteiger charge is 2.29. The van der Waals surface area contributed by atoms with E-state index in [0.717, 1.165) is 38.5 Å². The summed E-state index contributed by atoms with van der Waals surface area (Å²) < 4.78 is 42.3. The van der Waals surface area contributed by atoms with Gasteiger partial charge in [-0.05, 0) is 37.1 Å². The van der Waals surface area contributed by atoms with Gasteiger partial charge in [-0.1, -0.05) is 0 Å². The summed E-state index contributed by atoms with van der Waals surface area (Å²) in [6.45, 7) is 5.13. The van der Waals surface area contributed by atoms with E-state index >= 15 is 0 Å². The number of nitrogens with one attached hydrogen (secondary N) is 2. The number of hydrogen-bond acceptors (Lipinski definition) is 5. The van der Waals surface area contributed by atoms with E-state index in [-0.39, 0.29) is 11.9 Å². The fourth-order valence-electron chi connectivity index (χ4n) is 3.68. The lowest BCUT2D eigenvalue weighted by Gasteiger charge is -2.34. The molecule has 0 unspecified atom stereocenters. The number of amides is 1. The molecule has 29 heavy (non-hydrogen) atoms. The second kappa shape index (κ2) is 10.3. The summed E-state index contributed by atoms with van der Waals surface area (Å²) in [4.78, 5) is 16.7. The highest BCUT2D eigenvalue weighted by atomic mass is 19.4. The number of alkyl halides is 3. The van der Waals surface area contributed by atoms with Crippen molar-refractivity contribution >= 4 is 11.6 Å². The normalized spacial score (nSPS) is 19.3. The quantitative estimate of drug-likeness (QED) is 0.714. The van der Waals surface area contributed by atoms with E-state index in [1.165, 1.54) is 0 Å². The van der Waals surface area contributed by atoms with Crippen LogP contribution in [0.4, 0.5) is 18.9 Å². The second-order valence-electron chi connectivity index (χ2n) is 7.51. The number of halogens is 3. The number of ether oxygens (including phenoxy) is 1. The van der Waals surface area contributed by atoms with Crippen LogP contribution in [0.5, 0.6) is 0 Å². The number of piperidine rings is 1. The zero-order chi connectivity index (χ0) is 20.7. The van der Waals surface area contributed by atoms with Crippen molar-refractivity contribution in [2.45, 2.75) is 25.1 Å². The molecule has 1 aromatic carbocycles. The Hall–Kier alpha value is -1.84. The predicted molar refractivity (Wildman–Crippen MR) is 105 cm³/mol. The third kappa shape index (κ3) is 7.17. The van der Waals surface area contributed by atoms with Crippen LogP contribution in [0, 0.1) is 0 Å². The molecule has 0 bridgehead atoms. The zero-order valence-corrected chi connectivity index (χ0v) is 16.5. The van der Waals surface area contributed by atoms with Gasteiger partial charge < -0.3 is 20.3 Å². The van der Waals surface area contributed by atoms with Gasteiger partial charge in [0.05, 0.1) is 19.8 Å². The van der Waals surface area contributed by atoms with Crippen LogP contribution in [-0.2, 0) is 4.74 Å². The van der Waals surface area contributed by atoms with Crippen molar-refractivity contribution in [2.75, 3.05) is 63.9 Å². The average molecular weight is 414 g/mol. The molecule has 1 amide bonds. The number of rotatable bonds is 7. The average Bonchev–Trinajstić information content (AvgIpc) is 2.73. The van der Waals surface area contributed by atoms with Crippen LogP contribution in [0.15, 0.2) is 24.3 Å². The molecule has 2 N–H and O–H groups in total. The molecule has 1 aromatic rings. The van der Waals surface area contributed by atoms with Crippen LogP contribution >= 0.6 is 0 Å². The molecule has 162 valence electrons. The molecule has 0 atom stereocenters. The van der Waals surface area contributed by atoms with Crippen LogP contribution in [-0.4, -0.2) is 82.1 Å². The molecular weight excluding hydrogens is 385 g/mol. The van der Waals surface area contributed by atoms with E-state index in [0.29, 0.717) is 38.0 Å². The van der Waals surface area contributed by atoms with Gasteiger partial charge in [0.25, 0.3) is 5.91 Å². The van der Waals surface area contributed by atoms with Crippen molar-refractivity contribution in [3.05, 3.63) is 29.8 Å². The largest absolute Gasteiger partial charge is 0.401 e. The van der Waals surface area contributed by atoms with Crippen molar-refractivity contribution < 1.29 is 22.7 Å². The minimum absolute atomic E-state index is 0.0973. The van der Waals surface area contributed by atoms with Gasteiger partial charge in [0.15, 0.2) is 0 Å². The van der Waals surface area contributed by atoms with Gasteiger partial charge in [-0.2, -0.15) is 13.2 Å². The van der Waals surface area contributed by atoms with E-state index in [2.05, 4.69) is 20.4 Å². The Labute approximate surface area is 169 Å². The Kier molecular flexibility index (Phi) is 7.74. The van der Waals surface area contributed by atoms with Crippen molar-refractivity contribution in [1.29, 1.82) is 0 Å². The van der Waals surface area contributed by atoms with Gasteiger partial charge in [-0.25, -0.2) is 0 Å². The summed E-state index contributed by atoms with van der Waals surface area (Å²) >= 11 is 0. The minimum Gasteiger partial charge on any atom is -0.379 e. The van der Waals surface area contributed by atoms with Gasteiger partial charge in [0, 0.05) is 56.6 Å². The van der Waals surface area contributed by atoms with Gasteiger partial charge in [-0.15, -0.1) is 0 Å². The molecule has 2 saturated heterocycles. The number of nitrogens with zero attached hydrogens (tertiary/aromatic N) is 2. The minimum atomic E-state index is -4.17. The first-order valence-corrected chi connectivity index (χ1v) is 10.1. The number of benzene rings is 1. The zero-order valence-electron chi connectivity index (χ0n) is 16.5. The summed E-state index contributed by atoms with van der Waals surface area (Å²) in [5.74, 6) is -0.0973. The van der Waals surface area contributed by atoms with Gasteiger partial charge in [0.2, 0.25) is 0 Å². The van der Waals surface area contributed by atoms with Crippen LogP contribution in [0.25, 0.3) is 0 Å². The number of anilines is 1. The maximum Gasteiger partial charge on any atom is 0.401 e. The molecule has 9 heteroatoms.